The summed E-state index contributed by atoms with van der Waals surface area (Å²) in [5.74, 6) is -0.211. The van der Waals surface area contributed by atoms with Gasteiger partial charge in [0.25, 0.3) is 5.91 Å². The van der Waals surface area contributed by atoms with Crippen LogP contribution in [0.25, 0.3) is 0 Å². The summed E-state index contributed by atoms with van der Waals surface area (Å²) in [4.78, 5) is 11.5. The van der Waals surface area contributed by atoms with Gasteiger partial charge in [-0.2, -0.15) is 0 Å². The van der Waals surface area contributed by atoms with E-state index < -0.39 is 10.0 Å². The van der Waals surface area contributed by atoms with Crippen molar-refractivity contribution in [2.75, 3.05) is 37.4 Å². The van der Waals surface area contributed by atoms with E-state index in [0.717, 1.165) is 6.26 Å². The van der Waals surface area contributed by atoms with E-state index in [-0.39, 0.29) is 12.5 Å². The highest BCUT2D eigenvalue weighted by Crippen LogP contribution is 2.19. The van der Waals surface area contributed by atoms with Crippen LogP contribution < -0.4 is 21.1 Å². The molecule has 5 N–H and O–H groups in total. The number of carbonyl (C=O) groups excluding carboxylic acids is 1. The molecule has 1 aromatic carbocycles. The van der Waals surface area contributed by atoms with E-state index in [1.807, 2.05) is 0 Å². The van der Waals surface area contributed by atoms with Gasteiger partial charge in [-0.25, -0.2) is 13.1 Å². The fraction of sp³-hybridized carbons (Fsp3) is 0.364. The van der Waals surface area contributed by atoms with Crippen LogP contribution in [0.3, 0.4) is 0 Å². The lowest BCUT2D eigenvalue weighted by molar-refractivity contribution is 0.0963. The zero-order chi connectivity index (χ0) is 14.5. The molecule has 0 aliphatic heterocycles. The van der Waals surface area contributed by atoms with Gasteiger partial charge < -0.3 is 16.4 Å². The summed E-state index contributed by atoms with van der Waals surface area (Å²) in [6, 6.07) is 4.86. The van der Waals surface area contributed by atoms with Crippen LogP contribution in [-0.4, -0.2) is 40.7 Å². The highest BCUT2D eigenvalue weighted by molar-refractivity contribution is 7.88. The molecular formula is C11H18N4O3S. The second kappa shape index (κ2) is 6.39. The fourth-order valence-corrected chi connectivity index (χ4v) is 1.90. The molecule has 0 fully saturated rings. The number of benzene rings is 1. The topological polar surface area (TPSA) is 113 Å². The van der Waals surface area contributed by atoms with Crippen LogP contribution in [0.4, 0.5) is 11.4 Å². The van der Waals surface area contributed by atoms with Crippen molar-refractivity contribution in [1.82, 2.24) is 10.0 Å². The Morgan fingerprint density at radius 2 is 2.00 bits per heavy atom. The summed E-state index contributed by atoms with van der Waals surface area (Å²) >= 11 is 0. The standard InChI is InChI=1S/C11H18N4O3S/c1-13-11(16)8-3-4-9(12)10(7-8)14-5-6-15-19(2,17)18/h3-4,7,14-15H,5-6,12H2,1-2H3,(H,13,16). The van der Waals surface area contributed by atoms with Gasteiger partial charge in [-0.3, -0.25) is 4.79 Å². The highest BCUT2D eigenvalue weighted by atomic mass is 32.2. The third kappa shape index (κ3) is 5.14. The van der Waals surface area contributed by atoms with Crippen LogP contribution in [-0.2, 0) is 10.0 Å². The lowest BCUT2D eigenvalue weighted by Crippen LogP contribution is -2.27. The molecule has 0 unspecified atom stereocenters. The lowest BCUT2D eigenvalue weighted by atomic mass is 10.1. The molecule has 0 bridgehead atoms. The second-order valence-electron chi connectivity index (χ2n) is 3.97. The molecule has 19 heavy (non-hydrogen) atoms. The maximum atomic E-state index is 11.5. The van der Waals surface area contributed by atoms with Crippen LogP contribution in [0, 0.1) is 0 Å². The largest absolute Gasteiger partial charge is 0.397 e. The summed E-state index contributed by atoms with van der Waals surface area (Å²) in [5.41, 5.74) is 7.33. The number of nitrogens with one attached hydrogen (secondary N) is 3. The molecule has 0 spiro atoms. The van der Waals surface area contributed by atoms with Crippen molar-refractivity contribution < 1.29 is 13.2 Å². The molecule has 0 atom stereocenters. The van der Waals surface area contributed by atoms with E-state index in [2.05, 4.69) is 15.4 Å². The van der Waals surface area contributed by atoms with Gasteiger partial charge in [-0.05, 0) is 18.2 Å². The van der Waals surface area contributed by atoms with Crippen LogP contribution in [0.1, 0.15) is 10.4 Å². The van der Waals surface area contributed by atoms with Crippen molar-refractivity contribution in [1.29, 1.82) is 0 Å². The summed E-state index contributed by atoms with van der Waals surface area (Å²) in [7, 11) is -1.66. The number of carbonyl (C=O) groups is 1. The lowest BCUT2D eigenvalue weighted by Gasteiger charge is -2.11. The summed E-state index contributed by atoms with van der Waals surface area (Å²) in [6.45, 7) is 0.608. The van der Waals surface area contributed by atoms with Gasteiger partial charge in [-0.1, -0.05) is 0 Å². The number of rotatable bonds is 6. The molecule has 0 aromatic heterocycles. The number of anilines is 2. The van der Waals surface area contributed by atoms with Gasteiger partial charge in [-0.15, -0.1) is 0 Å². The van der Waals surface area contributed by atoms with E-state index in [1.54, 1.807) is 25.2 Å². The summed E-state index contributed by atoms with van der Waals surface area (Å²) in [5, 5.41) is 5.49. The Morgan fingerprint density at radius 3 is 2.58 bits per heavy atom. The quantitative estimate of drug-likeness (QED) is 0.419. The fourth-order valence-electron chi connectivity index (χ4n) is 1.43. The molecular weight excluding hydrogens is 268 g/mol. The van der Waals surface area contributed by atoms with E-state index in [0.29, 0.717) is 23.5 Å². The Kier molecular flexibility index (Phi) is 5.13. The Hall–Kier alpha value is -1.80. The molecule has 0 aliphatic carbocycles. The number of hydrogen-bond acceptors (Lipinski definition) is 5. The van der Waals surface area contributed by atoms with Gasteiger partial charge in [0.15, 0.2) is 0 Å². The minimum atomic E-state index is -3.20. The number of nitrogens with two attached hydrogens (primary N) is 1. The molecule has 1 amide bonds. The van der Waals surface area contributed by atoms with Crippen LogP contribution in [0.15, 0.2) is 18.2 Å². The van der Waals surface area contributed by atoms with Crippen LogP contribution in [0.2, 0.25) is 0 Å². The molecule has 1 aromatic rings. The molecule has 8 heteroatoms. The molecule has 0 radical (unpaired) electrons. The highest BCUT2D eigenvalue weighted by Gasteiger charge is 2.06. The SMILES string of the molecule is CNC(=O)c1ccc(N)c(NCCNS(C)(=O)=O)c1. The third-order valence-corrected chi connectivity index (χ3v) is 3.08. The van der Waals surface area contributed by atoms with E-state index in [4.69, 9.17) is 5.73 Å². The van der Waals surface area contributed by atoms with Crippen LogP contribution in [0.5, 0.6) is 0 Å². The predicted molar refractivity (Wildman–Crippen MR) is 75.6 cm³/mol. The Balaban J connectivity index is 2.65. The first kappa shape index (κ1) is 15.3. The molecule has 0 heterocycles. The monoisotopic (exact) mass is 286 g/mol. The summed E-state index contributed by atoms with van der Waals surface area (Å²) in [6.07, 6.45) is 1.09. The number of amides is 1. The first-order valence-electron chi connectivity index (χ1n) is 5.63. The Labute approximate surface area is 112 Å². The number of sulfonamides is 1. The van der Waals surface area contributed by atoms with Crippen molar-refractivity contribution in [3.8, 4) is 0 Å². The van der Waals surface area contributed by atoms with Crippen molar-refractivity contribution in [2.45, 2.75) is 0 Å². The minimum absolute atomic E-state index is 0.211. The zero-order valence-corrected chi connectivity index (χ0v) is 11.7. The summed E-state index contributed by atoms with van der Waals surface area (Å²) < 4.78 is 24.1. The van der Waals surface area contributed by atoms with Crippen molar-refractivity contribution in [2.24, 2.45) is 0 Å². The molecule has 0 saturated carbocycles. The Morgan fingerprint density at radius 1 is 1.32 bits per heavy atom. The molecule has 106 valence electrons. The number of nitrogen functional groups attached to an aromatic ring is 1. The number of hydrogen-bond donors (Lipinski definition) is 4. The predicted octanol–water partition coefficient (Wildman–Crippen LogP) is -0.410. The Bertz CT molecular complexity index is 557. The van der Waals surface area contributed by atoms with Gasteiger partial charge >= 0.3 is 0 Å². The van der Waals surface area contributed by atoms with Crippen molar-refractivity contribution in [3.05, 3.63) is 23.8 Å². The van der Waals surface area contributed by atoms with Gasteiger partial charge in [0.1, 0.15) is 0 Å². The minimum Gasteiger partial charge on any atom is -0.397 e. The molecule has 0 saturated heterocycles. The zero-order valence-electron chi connectivity index (χ0n) is 10.9. The van der Waals surface area contributed by atoms with Gasteiger partial charge in [0, 0.05) is 25.7 Å². The smallest absolute Gasteiger partial charge is 0.251 e. The molecule has 1 rings (SSSR count). The van der Waals surface area contributed by atoms with Gasteiger partial charge in [0.2, 0.25) is 10.0 Å². The first-order valence-corrected chi connectivity index (χ1v) is 7.53. The maximum absolute atomic E-state index is 11.5. The van der Waals surface area contributed by atoms with E-state index in [9.17, 15) is 13.2 Å². The van der Waals surface area contributed by atoms with Crippen molar-refractivity contribution in [3.63, 3.8) is 0 Å². The normalized spacial score (nSPS) is 11.1. The van der Waals surface area contributed by atoms with Crippen molar-refractivity contribution >= 4 is 27.3 Å². The molecule has 0 aliphatic rings. The first-order chi connectivity index (χ1) is 8.83. The van der Waals surface area contributed by atoms with Crippen LogP contribution >= 0.6 is 0 Å². The van der Waals surface area contributed by atoms with E-state index >= 15 is 0 Å². The third-order valence-electron chi connectivity index (χ3n) is 2.35. The average Bonchev–Trinajstić information content (AvgIpc) is 2.34. The van der Waals surface area contributed by atoms with E-state index in [1.165, 1.54) is 0 Å². The average molecular weight is 286 g/mol. The van der Waals surface area contributed by atoms with Gasteiger partial charge in [0.05, 0.1) is 17.6 Å². The molecule has 7 nitrogen and oxygen atoms in total. The maximum Gasteiger partial charge on any atom is 0.251 e. The second-order valence-corrected chi connectivity index (χ2v) is 5.81.